The molecule has 3 N–H and O–H groups in total. The number of hydrogen-bond acceptors (Lipinski definition) is 6. The second-order valence-corrected chi connectivity index (χ2v) is 12.8. The van der Waals surface area contributed by atoms with Crippen LogP contribution in [0.5, 0.6) is 0 Å². The Morgan fingerprint density at radius 1 is 1.22 bits per heavy atom. The first-order chi connectivity index (χ1) is 23.0. The molecule has 49 heavy (non-hydrogen) atoms. The molecule has 1 saturated heterocycles. The average Bonchev–Trinajstić information content (AvgIpc) is 3.55. The zero-order valence-corrected chi connectivity index (χ0v) is 27.6. The molecule has 260 valence electrons. The Hall–Kier alpha value is -4.58. The van der Waals surface area contributed by atoms with Gasteiger partial charge in [-0.2, -0.15) is 31.7 Å². The number of carbonyl (C=O) groups excluding carboxylic acids is 2. The summed E-state index contributed by atoms with van der Waals surface area (Å²) >= 11 is 9.70. The van der Waals surface area contributed by atoms with Crippen LogP contribution in [0.4, 0.5) is 31.5 Å². The Balaban J connectivity index is 1.64. The van der Waals surface area contributed by atoms with Gasteiger partial charge in [-0.05, 0) is 55.2 Å². The summed E-state index contributed by atoms with van der Waals surface area (Å²) in [6, 6.07) is 8.82. The lowest BCUT2D eigenvalue weighted by molar-refractivity contribution is -0.164. The minimum atomic E-state index is -4.76. The van der Waals surface area contributed by atoms with Crippen molar-refractivity contribution in [1.82, 2.24) is 30.3 Å². The van der Waals surface area contributed by atoms with Crippen molar-refractivity contribution in [3.8, 4) is 11.4 Å². The minimum Gasteiger partial charge on any atom is -0.463 e. The lowest BCUT2D eigenvalue weighted by Gasteiger charge is -2.31. The predicted octanol–water partition coefficient (Wildman–Crippen LogP) is 6.95. The highest BCUT2D eigenvalue weighted by molar-refractivity contribution is 9.10. The number of amides is 3. The average molecular weight is 775 g/mol. The molecule has 5 rings (SSSR count). The van der Waals surface area contributed by atoms with E-state index in [-0.39, 0.29) is 45.9 Å². The highest BCUT2D eigenvalue weighted by atomic mass is 79.9. The van der Waals surface area contributed by atoms with E-state index in [1.165, 1.54) is 18.2 Å². The van der Waals surface area contributed by atoms with E-state index in [0.717, 1.165) is 11.2 Å². The van der Waals surface area contributed by atoms with Crippen LogP contribution < -0.4 is 10.6 Å². The van der Waals surface area contributed by atoms with Gasteiger partial charge in [0.2, 0.25) is 5.96 Å². The van der Waals surface area contributed by atoms with E-state index in [4.69, 9.17) is 16.3 Å². The first-order valence-corrected chi connectivity index (χ1v) is 15.5. The summed E-state index contributed by atoms with van der Waals surface area (Å²) in [4.78, 5) is 47.7. The summed E-state index contributed by atoms with van der Waals surface area (Å²) in [6.07, 6.45) is -7.92. The van der Waals surface area contributed by atoms with Gasteiger partial charge in [0.25, 0.3) is 5.91 Å². The van der Waals surface area contributed by atoms with Gasteiger partial charge < -0.3 is 20.5 Å². The largest absolute Gasteiger partial charge is 0.463 e. The number of aliphatic imine (C=N–C) groups is 1. The summed E-state index contributed by atoms with van der Waals surface area (Å²) in [5, 5.41) is 17.9. The van der Waals surface area contributed by atoms with Gasteiger partial charge >= 0.3 is 24.9 Å². The summed E-state index contributed by atoms with van der Waals surface area (Å²) in [7, 11) is 0. The quantitative estimate of drug-likeness (QED) is 0.148. The van der Waals surface area contributed by atoms with Crippen molar-refractivity contribution in [2.45, 2.75) is 56.0 Å². The fourth-order valence-electron chi connectivity index (χ4n) is 5.49. The number of aromatic nitrogens is 3. The van der Waals surface area contributed by atoms with Crippen molar-refractivity contribution in [2.75, 3.05) is 6.61 Å². The number of benzene rings is 2. The zero-order chi connectivity index (χ0) is 35.9. The van der Waals surface area contributed by atoms with Crippen molar-refractivity contribution in [3.05, 3.63) is 81.6 Å². The Kier molecular flexibility index (Phi) is 9.75. The van der Waals surface area contributed by atoms with Gasteiger partial charge in [0.15, 0.2) is 5.82 Å². The maximum absolute atomic E-state index is 14.7. The fraction of sp³-hybridized carbons (Fsp3) is 0.333. The molecule has 1 aromatic heterocycles. The van der Waals surface area contributed by atoms with Crippen molar-refractivity contribution < 1.29 is 46.2 Å². The van der Waals surface area contributed by atoms with E-state index in [0.29, 0.717) is 15.6 Å². The minimum absolute atomic E-state index is 0.0307. The van der Waals surface area contributed by atoms with Crippen molar-refractivity contribution in [2.24, 2.45) is 4.99 Å². The van der Waals surface area contributed by atoms with Crippen molar-refractivity contribution in [1.29, 1.82) is 0 Å². The highest BCUT2D eigenvalue weighted by Gasteiger charge is 2.64. The van der Waals surface area contributed by atoms with Crippen LogP contribution in [0.1, 0.15) is 49.9 Å². The van der Waals surface area contributed by atoms with Gasteiger partial charge in [0.05, 0.1) is 11.1 Å². The molecule has 12 nitrogen and oxygen atoms in total. The summed E-state index contributed by atoms with van der Waals surface area (Å²) in [5.74, 6) is -1.69. The van der Waals surface area contributed by atoms with Gasteiger partial charge in [0, 0.05) is 16.5 Å². The monoisotopic (exact) mass is 773 g/mol. The van der Waals surface area contributed by atoms with Crippen LogP contribution in [0.15, 0.2) is 70.4 Å². The number of guanidine groups is 1. The third-order valence-corrected chi connectivity index (χ3v) is 8.79. The lowest BCUT2D eigenvalue weighted by atomic mass is 9.84. The number of rotatable bonds is 10. The molecule has 1 aliphatic heterocycles. The third-order valence-electron chi connectivity index (χ3n) is 7.93. The van der Waals surface area contributed by atoms with E-state index in [9.17, 15) is 41.4 Å². The van der Waals surface area contributed by atoms with Gasteiger partial charge in [-0.15, -0.1) is 11.6 Å². The van der Waals surface area contributed by atoms with E-state index in [1.807, 2.05) is 5.32 Å². The molecule has 0 spiro atoms. The predicted molar refractivity (Wildman–Crippen MR) is 168 cm³/mol. The maximum Gasteiger partial charge on any atom is 0.434 e. The first-order valence-electron chi connectivity index (χ1n) is 14.3. The molecule has 2 fully saturated rings. The normalized spacial score (nSPS) is 19.9. The smallest absolute Gasteiger partial charge is 0.434 e. The third kappa shape index (κ3) is 7.10. The van der Waals surface area contributed by atoms with Crippen LogP contribution in [0, 0.1) is 0 Å². The standard InChI is InChI=1S/C30H26BrClF5N7O5/c1-15(2)12-29(17-4-6-18(31)7-5-17)23(45)43(25(41-29)40-26(46)47)21(13-49-27(48)42-28(9-10-28)30(35,36)37)16-3-8-20(32)19(11-16)22-38-14-39-44(22)24(33)34/h3-8,11,14,21,24H,1,9-10,12-13H2,2H3,(H,40,41)(H,42,48)(H,46,47)/t21-,29?/m1/s1. The number of alkyl carbamates (subject to hydrolysis) is 1. The van der Waals surface area contributed by atoms with Gasteiger partial charge in [-0.3, -0.25) is 9.69 Å². The van der Waals surface area contributed by atoms with Crippen LogP contribution in [0.25, 0.3) is 11.4 Å². The van der Waals surface area contributed by atoms with Crippen molar-refractivity contribution >= 4 is 51.6 Å². The molecule has 2 aromatic carbocycles. The molecular formula is C30H26BrClF5N7O5. The number of nitrogens with one attached hydrogen (secondary N) is 2. The lowest BCUT2D eigenvalue weighted by Crippen LogP contribution is -2.49. The summed E-state index contributed by atoms with van der Waals surface area (Å²) in [5.41, 5.74) is -3.40. The molecule has 1 unspecified atom stereocenters. The van der Waals surface area contributed by atoms with Gasteiger partial charge in [0.1, 0.15) is 24.0 Å². The number of carbonyl (C=O) groups is 3. The molecule has 1 aliphatic carbocycles. The number of hydrogen-bond donors (Lipinski definition) is 3. The molecule has 3 aromatic rings. The molecule has 0 bridgehead atoms. The van der Waals surface area contributed by atoms with E-state index in [2.05, 4.69) is 42.9 Å². The van der Waals surface area contributed by atoms with Crippen LogP contribution in [-0.4, -0.2) is 67.1 Å². The molecule has 2 atom stereocenters. The Morgan fingerprint density at radius 2 is 1.90 bits per heavy atom. The van der Waals surface area contributed by atoms with Crippen LogP contribution in [0.2, 0.25) is 5.02 Å². The second kappa shape index (κ2) is 13.4. The Labute approximate surface area is 288 Å². The van der Waals surface area contributed by atoms with Crippen molar-refractivity contribution in [3.63, 3.8) is 0 Å². The van der Waals surface area contributed by atoms with Gasteiger partial charge in [-0.1, -0.05) is 51.3 Å². The number of halogens is 7. The molecular weight excluding hydrogens is 749 g/mol. The first kappa shape index (κ1) is 35.7. The molecule has 0 radical (unpaired) electrons. The molecule has 19 heteroatoms. The van der Waals surface area contributed by atoms with Crippen LogP contribution in [0.3, 0.4) is 0 Å². The number of carboxylic acid groups (broad SMARTS) is 1. The Bertz CT molecular complexity index is 1830. The highest BCUT2D eigenvalue weighted by Crippen LogP contribution is 2.49. The maximum atomic E-state index is 14.7. The fourth-order valence-corrected chi connectivity index (χ4v) is 5.96. The number of ether oxygens (including phenoxy) is 1. The van der Waals surface area contributed by atoms with E-state index < -0.39 is 60.5 Å². The molecule has 1 saturated carbocycles. The Morgan fingerprint density at radius 3 is 2.47 bits per heavy atom. The molecule has 2 heterocycles. The number of nitrogens with zero attached hydrogens (tertiary/aromatic N) is 5. The topological polar surface area (TPSA) is 151 Å². The second-order valence-electron chi connectivity index (χ2n) is 11.4. The summed E-state index contributed by atoms with van der Waals surface area (Å²) < 4.78 is 74.4. The SMILES string of the molecule is C=C(C)CC1(c2ccc(Br)cc2)NC(=NC(=O)O)N([C@H](COC(=O)NC2(C(F)(F)F)CC2)c2ccc(Cl)c(-c3ncnn3C(F)F)c2)C1=O. The number of alkyl halides is 5. The van der Waals surface area contributed by atoms with E-state index in [1.54, 1.807) is 31.2 Å². The van der Waals surface area contributed by atoms with E-state index >= 15 is 0 Å². The zero-order valence-electron chi connectivity index (χ0n) is 25.3. The molecule has 3 amide bonds. The molecule has 2 aliphatic rings. The summed E-state index contributed by atoms with van der Waals surface area (Å²) in [6.45, 7) is 1.57. The van der Waals surface area contributed by atoms with Gasteiger partial charge in [-0.25, -0.2) is 14.6 Å². The van der Waals surface area contributed by atoms with Crippen LogP contribution >= 0.6 is 27.5 Å². The van der Waals surface area contributed by atoms with Crippen LogP contribution in [-0.2, 0) is 15.1 Å².